The largest absolute Gasteiger partial charge is 0.368 e. The molecule has 1 saturated heterocycles. The van der Waals surface area contributed by atoms with Gasteiger partial charge in [-0.1, -0.05) is 46.3 Å². The summed E-state index contributed by atoms with van der Waals surface area (Å²) in [6.45, 7) is 3.17. The molecule has 0 bridgehead atoms. The van der Waals surface area contributed by atoms with Crippen LogP contribution in [-0.4, -0.2) is 37.1 Å². The average molecular weight is 386 g/mol. The van der Waals surface area contributed by atoms with E-state index in [1.54, 1.807) is 6.20 Å². The van der Waals surface area contributed by atoms with Crippen LogP contribution in [0.1, 0.15) is 5.56 Å². The standard InChI is InChI=1S/C19H20BrN3O/c20-17-8-6-16(7-9-17)10-11-21-19(24)23-14-12-22(13-15-23)18-4-2-1-3-5-18/h1-11H,12-15H2,(H,21,24)/b11-10+. The van der Waals surface area contributed by atoms with Crippen LogP contribution in [0.4, 0.5) is 10.5 Å². The molecule has 24 heavy (non-hydrogen) atoms. The fourth-order valence-electron chi connectivity index (χ4n) is 2.68. The van der Waals surface area contributed by atoms with E-state index in [1.807, 2.05) is 53.4 Å². The highest BCUT2D eigenvalue weighted by Gasteiger charge is 2.20. The number of para-hydroxylation sites is 1. The van der Waals surface area contributed by atoms with Crippen molar-refractivity contribution in [2.75, 3.05) is 31.1 Å². The van der Waals surface area contributed by atoms with Gasteiger partial charge < -0.3 is 15.1 Å². The number of piperazine rings is 1. The molecule has 2 amide bonds. The first-order chi connectivity index (χ1) is 11.7. The van der Waals surface area contributed by atoms with Gasteiger partial charge >= 0.3 is 6.03 Å². The molecule has 0 aliphatic carbocycles. The fourth-order valence-corrected chi connectivity index (χ4v) is 2.95. The normalized spacial score (nSPS) is 14.9. The van der Waals surface area contributed by atoms with Gasteiger partial charge in [-0.25, -0.2) is 4.79 Å². The van der Waals surface area contributed by atoms with E-state index in [0.717, 1.165) is 36.2 Å². The van der Waals surface area contributed by atoms with Gasteiger partial charge in [0, 0.05) is 42.5 Å². The first kappa shape index (κ1) is 16.6. The number of benzene rings is 2. The number of amides is 2. The zero-order valence-corrected chi connectivity index (χ0v) is 14.9. The Labute approximate surface area is 150 Å². The van der Waals surface area contributed by atoms with Crippen LogP contribution < -0.4 is 10.2 Å². The predicted octanol–water partition coefficient (Wildman–Crippen LogP) is 3.95. The first-order valence-electron chi connectivity index (χ1n) is 8.00. The first-order valence-corrected chi connectivity index (χ1v) is 8.79. The topological polar surface area (TPSA) is 35.6 Å². The monoisotopic (exact) mass is 385 g/mol. The minimum atomic E-state index is -0.0453. The number of anilines is 1. The second kappa shape index (κ2) is 8.02. The predicted molar refractivity (Wildman–Crippen MR) is 102 cm³/mol. The van der Waals surface area contributed by atoms with Crippen LogP contribution in [0.2, 0.25) is 0 Å². The summed E-state index contributed by atoms with van der Waals surface area (Å²) < 4.78 is 1.04. The molecule has 4 nitrogen and oxygen atoms in total. The SMILES string of the molecule is O=C(N/C=C/c1ccc(Br)cc1)N1CCN(c2ccccc2)CC1. The van der Waals surface area contributed by atoms with Crippen LogP contribution in [0, 0.1) is 0 Å². The van der Waals surface area contributed by atoms with Crippen molar-refractivity contribution in [1.29, 1.82) is 0 Å². The lowest BCUT2D eigenvalue weighted by molar-refractivity contribution is 0.198. The fraction of sp³-hybridized carbons (Fsp3) is 0.211. The number of hydrogen-bond acceptors (Lipinski definition) is 2. The van der Waals surface area contributed by atoms with E-state index >= 15 is 0 Å². The van der Waals surface area contributed by atoms with E-state index in [0.29, 0.717) is 0 Å². The van der Waals surface area contributed by atoms with Crippen molar-refractivity contribution in [2.45, 2.75) is 0 Å². The van der Waals surface area contributed by atoms with Crippen molar-refractivity contribution < 1.29 is 4.79 Å². The summed E-state index contributed by atoms with van der Waals surface area (Å²) in [6, 6.07) is 18.2. The van der Waals surface area contributed by atoms with Crippen LogP contribution in [0.5, 0.6) is 0 Å². The maximum atomic E-state index is 12.2. The molecular formula is C19H20BrN3O. The van der Waals surface area contributed by atoms with Crippen molar-refractivity contribution in [3.05, 3.63) is 70.8 Å². The summed E-state index contributed by atoms with van der Waals surface area (Å²) in [5.74, 6) is 0. The molecule has 1 aliphatic heterocycles. The third kappa shape index (κ3) is 4.38. The minimum Gasteiger partial charge on any atom is -0.368 e. The number of carbonyl (C=O) groups excluding carboxylic acids is 1. The van der Waals surface area contributed by atoms with Gasteiger partial charge in [-0.15, -0.1) is 0 Å². The van der Waals surface area contributed by atoms with Crippen LogP contribution >= 0.6 is 15.9 Å². The number of rotatable bonds is 3. The summed E-state index contributed by atoms with van der Waals surface area (Å²) in [7, 11) is 0. The zero-order valence-electron chi connectivity index (χ0n) is 13.4. The maximum absolute atomic E-state index is 12.2. The second-order valence-corrected chi connectivity index (χ2v) is 6.56. The molecule has 3 rings (SSSR count). The third-order valence-corrected chi connectivity index (χ3v) is 4.57. The Kier molecular flexibility index (Phi) is 5.54. The van der Waals surface area contributed by atoms with E-state index in [2.05, 4.69) is 38.3 Å². The Morgan fingerprint density at radius 3 is 2.29 bits per heavy atom. The molecular weight excluding hydrogens is 366 g/mol. The van der Waals surface area contributed by atoms with Crippen LogP contribution in [-0.2, 0) is 0 Å². The van der Waals surface area contributed by atoms with E-state index < -0.39 is 0 Å². The van der Waals surface area contributed by atoms with Crippen molar-refractivity contribution in [3.8, 4) is 0 Å². The Morgan fingerprint density at radius 1 is 0.958 bits per heavy atom. The average Bonchev–Trinajstić information content (AvgIpc) is 2.64. The van der Waals surface area contributed by atoms with Crippen LogP contribution in [0.25, 0.3) is 6.08 Å². The van der Waals surface area contributed by atoms with Crippen molar-refractivity contribution in [1.82, 2.24) is 10.2 Å². The van der Waals surface area contributed by atoms with Crippen LogP contribution in [0.3, 0.4) is 0 Å². The summed E-state index contributed by atoms with van der Waals surface area (Å²) in [4.78, 5) is 16.4. The molecule has 0 atom stereocenters. The number of nitrogens with one attached hydrogen (secondary N) is 1. The van der Waals surface area contributed by atoms with Gasteiger partial charge in [0.15, 0.2) is 0 Å². The van der Waals surface area contributed by atoms with Crippen molar-refractivity contribution in [2.24, 2.45) is 0 Å². The van der Waals surface area contributed by atoms with Gasteiger partial charge in [0.05, 0.1) is 0 Å². The molecule has 1 aliphatic rings. The molecule has 0 radical (unpaired) electrons. The molecule has 0 spiro atoms. The Morgan fingerprint density at radius 2 is 1.62 bits per heavy atom. The molecule has 1 heterocycles. The van der Waals surface area contributed by atoms with Gasteiger partial charge in [0.25, 0.3) is 0 Å². The van der Waals surface area contributed by atoms with E-state index in [4.69, 9.17) is 0 Å². The lowest BCUT2D eigenvalue weighted by atomic mass is 10.2. The number of carbonyl (C=O) groups is 1. The highest BCUT2D eigenvalue weighted by Crippen LogP contribution is 2.15. The van der Waals surface area contributed by atoms with Crippen LogP contribution in [0.15, 0.2) is 65.3 Å². The molecule has 0 unspecified atom stereocenters. The van der Waals surface area contributed by atoms with Gasteiger partial charge in [0.1, 0.15) is 0 Å². The summed E-state index contributed by atoms with van der Waals surface area (Å²) in [5.41, 5.74) is 2.26. The highest BCUT2D eigenvalue weighted by molar-refractivity contribution is 9.10. The summed E-state index contributed by atoms with van der Waals surface area (Å²) >= 11 is 3.41. The smallest absolute Gasteiger partial charge is 0.321 e. The Bertz CT molecular complexity index is 692. The minimum absolute atomic E-state index is 0.0453. The number of nitrogens with zero attached hydrogens (tertiary/aromatic N) is 2. The van der Waals surface area contributed by atoms with Gasteiger partial charge in [-0.2, -0.15) is 0 Å². The Hall–Kier alpha value is -2.27. The van der Waals surface area contributed by atoms with Gasteiger partial charge in [-0.05, 0) is 35.9 Å². The third-order valence-electron chi connectivity index (χ3n) is 4.04. The molecule has 1 N–H and O–H groups in total. The lowest BCUT2D eigenvalue weighted by Crippen LogP contribution is -2.51. The summed E-state index contributed by atoms with van der Waals surface area (Å²) in [6.07, 6.45) is 3.60. The van der Waals surface area contributed by atoms with E-state index in [9.17, 15) is 4.79 Å². The number of hydrogen-bond donors (Lipinski definition) is 1. The zero-order chi connectivity index (χ0) is 16.8. The molecule has 1 fully saturated rings. The molecule has 5 heteroatoms. The quantitative estimate of drug-likeness (QED) is 0.867. The van der Waals surface area contributed by atoms with Gasteiger partial charge in [0.2, 0.25) is 0 Å². The van der Waals surface area contributed by atoms with Crippen molar-refractivity contribution in [3.63, 3.8) is 0 Å². The van der Waals surface area contributed by atoms with E-state index in [1.165, 1.54) is 5.69 Å². The van der Waals surface area contributed by atoms with E-state index in [-0.39, 0.29) is 6.03 Å². The lowest BCUT2D eigenvalue weighted by Gasteiger charge is -2.35. The highest BCUT2D eigenvalue weighted by atomic mass is 79.9. The second-order valence-electron chi connectivity index (χ2n) is 5.64. The Balaban J connectivity index is 1.47. The summed E-state index contributed by atoms with van der Waals surface area (Å²) in [5, 5.41) is 2.85. The van der Waals surface area contributed by atoms with Crippen molar-refractivity contribution >= 4 is 33.7 Å². The maximum Gasteiger partial charge on any atom is 0.321 e. The molecule has 2 aromatic carbocycles. The molecule has 2 aromatic rings. The molecule has 0 aromatic heterocycles. The van der Waals surface area contributed by atoms with Gasteiger partial charge in [-0.3, -0.25) is 0 Å². The number of urea groups is 1. The number of halogens is 1. The molecule has 124 valence electrons. The molecule has 0 saturated carbocycles.